The Hall–Kier alpha value is -3.69. The fraction of sp³-hybridized carbons (Fsp3) is 0.414. The van der Waals surface area contributed by atoms with Crippen LogP contribution in [0, 0.1) is 13.8 Å². The second kappa shape index (κ2) is 11.0. The molecular formula is C29H35N5O4. The lowest BCUT2D eigenvalue weighted by Crippen LogP contribution is -2.57. The molecule has 2 amide bonds. The zero-order valence-electron chi connectivity index (χ0n) is 22.4. The monoisotopic (exact) mass is 517 g/mol. The van der Waals surface area contributed by atoms with E-state index in [9.17, 15) is 9.59 Å². The first-order valence-corrected chi connectivity index (χ1v) is 13.0. The normalized spacial score (nSPS) is 21.0. The molecule has 1 saturated heterocycles. The van der Waals surface area contributed by atoms with Crippen LogP contribution >= 0.6 is 0 Å². The minimum atomic E-state index is -0.240. The van der Waals surface area contributed by atoms with Crippen molar-refractivity contribution < 1.29 is 19.1 Å². The molecule has 3 heterocycles. The standard InChI is InChI=1S/C29H35N5O4/c1-19-8-9-22-13-27(19)38-24-7-5-6-21(12-24)18-37-26-10-11-34(15-23-14-30-20(2)33(23)4)16-25(26)31-28(35)17-32(3)29(22)36/h5-9,12-14,25-26H,10-11,15-18H2,1-4H3,(H,31,35)/t25-,26+/m0/s1. The SMILES string of the molecule is Cc1ccc2cc1Oc1cccc(c1)CO[C@@H]1CCN(Cc3cnc(C)n3C)C[C@@H]1NC(=O)CN(C)C2=O. The number of aromatic nitrogens is 2. The average molecular weight is 518 g/mol. The zero-order chi connectivity index (χ0) is 26.8. The number of carbonyl (C=O) groups is 2. The molecule has 0 spiro atoms. The number of aryl methyl sites for hydroxylation is 2. The van der Waals surface area contributed by atoms with Gasteiger partial charge in [-0.1, -0.05) is 18.2 Å². The number of piperidine rings is 1. The van der Waals surface area contributed by atoms with E-state index in [1.807, 2.05) is 57.4 Å². The Morgan fingerprint density at radius 3 is 2.74 bits per heavy atom. The van der Waals surface area contributed by atoms with Crippen molar-refractivity contribution in [1.29, 1.82) is 0 Å². The number of benzene rings is 2. The molecule has 1 fully saturated rings. The van der Waals surface area contributed by atoms with Crippen molar-refractivity contribution in [3.05, 3.63) is 76.9 Å². The second-order valence-electron chi connectivity index (χ2n) is 10.3. The summed E-state index contributed by atoms with van der Waals surface area (Å²) in [6.07, 6.45) is 2.52. The number of fused-ring (bicyclic) bond motifs is 5. The highest BCUT2D eigenvalue weighted by molar-refractivity contribution is 5.96. The summed E-state index contributed by atoms with van der Waals surface area (Å²) in [4.78, 5) is 34.4. The van der Waals surface area contributed by atoms with Gasteiger partial charge in [0.05, 0.1) is 31.0 Å². The van der Waals surface area contributed by atoms with Crippen LogP contribution in [0.4, 0.5) is 0 Å². The minimum Gasteiger partial charge on any atom is -0.457 e. The van der Waals surface area contributed by atoms with Gasteiger partial charge in [-0.05, 0) is 55.7 Å². The Bertz CT molecular complexity index is 1340. The van der Waals surface area contributed by atoms with Crippen molar-refractivity contribution in [2.75, 3.05) is 26.7 Å². The molecule has 1 aromatic heterocycles. The van der Waals surface area contributed by atoms with Crippen LogP contribution in [0.5, 0.6) is 11.5 Å². The summed E-state index contributed by atoms with van der Waals surface area (Å²) in [6.45, 7) is 6.51. The van der Waals surface area contributed by atoms with Gasteiger partial charge in [-0.15, -0.1) is 0 Å². The Morgan fingerprint density at radius 2 is 1.95 bits per heavy atom. The molecule has 3 aromatic rings. The first kappa shape index (κ1) is 25.9. The van der Waals surface area contributed by atoms with Crippen LogP contribution in [0.2, 0.25) is 0 Å². The number of nitrogens with one attached hydrogen (secondary N) is 1. The van der Waals surface area contributed by atoms with Crippen LogP contribution < -0.4 is 10.1 Å². The predicted molar refractivity (Wildman–Crippen MR) is 143 cm³/mol. The zero-order valence-corrected chi connectivity index (χ0v) is 22.4. The van der Waals surface area contributed by atoms with E-state index >= 15 is 0 Å². The summed E-state index contributed by atoms with van der Waals surface area (Å²) < 4.78 is 14.6. The first-order valence-electron chi connectivity index (χ1n) is 13.0. The van der Waals surface area contributed by atoms with Crippen molar-refractivity contribution >= 4 is 11.8 Å². The van der Waals surface area contributed by atoms with Gasteiger partial charge in [0, 0.05) is 45.5 Å². The van der Waals surface area contributed by atoms with Gasteiger partial charge < -0.3 is 24.3 Å². The van der Waals surface area contributed by atoms with E-state index in [1.165, 1.54) is 4.90 Å². The highest BCUT2D eigenvalue weighted by atomic mass is 16.5. The van der Waals surface area contributed by atoms with Gasteiger partial charge in [-0.25, -0.2) is 4.98 Å². The van der Waals surface area contributed by atoms with E-state index in [0.29, 0.717) is 30.2 Å². The summed E-state index contributed by atoms with van der Waals surface area (Å²) in [6, 6.07) is 12.9. The van der Waals surface area contributed by atoms with Crippen LogP contribution in [0.3, 0.4) is 0 Å². The van der Waals surface area contributed by atoms with Crippen LogP contribution in [0.1, 0.15) is 39.4 Å². The van der Waals surface area contributed by atoms with E-state index in [0.717, 1.165) is 42.2 Å². The predicted octanol–water partition coefficient (Wildman–Crippen LogP) is 3.19. The molecule has 9 nitrogen and oxygen atoms in total. The molecule has 5 rings (SSSR count). The number of ether oxygens (including phenoxy) is 2. The van der Waals surface area contributed by atoms with Gasteiger partial charge in [0.15, 0.2) is 0 Å². The number of likely N-dealkylation sites (tertiary alicyclic amines) is 1. The number of rotatable bonds is 2. The fourth-order valence-corrected chi connectivity index (χ4v) is 5.04. The summed E-state index contributed by atoms with van der Waals surface area (Å²) in [5.74, 6) is 1.81. The summed E-state index contributed by atoms with van der Waals surface area (Å²) in [5.41, 5.74) is 3.50. The molecule has 1 N–H and O–H groups in total. The van der Waals surface area contributed by atoms with Crippen LogP contribution in [0.25, 0.3) is 0 Å². The highest BCUT2D eigenvalue weighted by Crippen LogP contribution is 2.28. The topological polar surface area (TPSA) is 88.9 Å². The third-order valence-electron chi connectivity index (χ3n) is 7.44. The molecular weight excluding hydrogens is 482 g/mol. The van der Waals surface area contributed by atoms with Crippen LogP contribution in [-0.2, 0) is 29.7 Å². The minimum absolute atomic E-state index is 0.0495. The Balaban J connectivity index is 1.40. The van der Waals surface area contributed by atoms with Gasteiger partial charge in [-0.2, -0.15) is 0 Å². The summed E-state index contributed by atoms with van der Waals surface area (Å²) >= 11 is 0. The molecule has 38 heavy (non-hydrogen) atoms. The largest absolute Gasteiger partial charge is 0.457 e. The number of carbonyl (C=O) groups excluding carboxylic acids is 2. The van der Waals surface area contributed by atoms with E-state index in [1.54, 1.807) is 19.2 Å². The quantitative estimate of drug-likeness (QED) is 0.562. The molecule has 2 aliphatic heterocycles. The van der Waals surface area contributed by atoms with Crippen LogP contribution in [-0.4, -0.2) is 70.0 Å². The number of hydrogen-bond acceptors (Lipinski definition) is 6. The summed E-state index contributed by atoms with van der Waals surface area (Å²) in [5, 5.41) is 3.16. The number of amides is 2. The number of imidazole rings is 1. The Kier molecular flexibility index (Phi) is 7.49. The first-order chi connectivity index (χ1) is 18.3. The molecule has 200 valence electrons. The van der Waals surface area contributed by atoms with Crippen molar-refractivity contribution in [2.45, 2.75) is 45.6 Å². The highest BCUT2D eigenvalue weighted by Gasteiger charge is 2.32. The van der Waals surface area contributed by atoms with Crippen LogP contribution in [0.15, 0.2) is 48.7 Å². The van der Waals surface area contributed by atoms with Gasteiger partial charge in [0.25, 0.3) is 5.91 Å². The molecule has 0 aliphatic carbocycles. The molecule has 0 saturated carbocycles. The third-order valence-corrected chi connectivity index (χ3v) is 7.44. The maximum absolute atomic E-state index is 13.2. The van der Waals surface area contributed by atoms with Gasteiger partial charge in [-0.3, -0.25) is 14.5 Å². The Labute approximate surface area is 223 Å². The molecule has 2 atom stereocenters. The van der Waals surface area contributed by atoms with Gasteiger partial charge >= 0.3 is 0 Å². The van der Waals surface area contributed by atoms with Crippen molar-refractivity contribution in [1.82, 2.24) is 24.7 Å². The fourth-order valence-electron chi connectivity index (χ4n) is 5.04. The third kappa shape index (κ3) is 5.74. The van der Waals surface area contributed by atoms with Crippen molar-refractivity contribution in [3.8, 4) is 11.5 Å². The number of nitrogens with zero attached hydrogens (tertiary/aromatic N) is 4. The smallest absolute Gasteiger partial charge is 0.254 e. The second-order valence-corrected chi connectivity index (χ2v) is 10.3. The molecule has 9 heteroatoms. The lowest BCUT2D eigenvalue weighted by molar-refractivity contribution is -0.125. The van der Waals surface area contributed by atoms with E-state index in [-0.39, 0.29) is 30.5 Å². The average Bonchev–Trinajstić information content (AvgIpc) is 3.21. The van der Waals surface area contributed by atoms with Crippen molar-refractivity contribution in [3.63, 3.8) is 0 Å². The maximum atomic E-state index is 13.2. The Morgan fingerprint density at radius 1 is 1.11 bits per heavy atom. The molecule has 0 radical (unpaired) electrons. The number of likely N-dealkylation sites (N-methyl/N-ethyl adjacent to an activating group) is 1. The molecule has 2 aromatic carbocycles. The molecule has 0 unspecified atom stereocenters. The lowest BCUT2D eigenvalue weighted by Gasteiger charge is -2.39. The van der Waals surface area contributed by atoms with Crippen molar-refractivity contribution in [2.24, 2.45) is 7.05 Å². The summed E-state index contributed by atoms with van der Waals surface area (Å²) in [7, 11) is 3.66. The lowest BCUT2D eigenvalue weighted by atomic mass is 10.0. The van der Waals surface area contributed by atoms with Gasteiger partial charge in [0.1, 0.15) is 17.3 Å². The molecule has 4 bridgehead atoms. The van der Waals surface area contributed by atoms with E-state index in [4.69, 9.17) is 9.47 Å². The van der Waals surface area contributed by atoms with E-state index < -0.39 is 0 Å². The maximum Gasteiger partial charge on any atom is 0.254 e. The van der Waals surface area contributed by atoms with Gasteiger partial charge in [0.2, 0.25) is 5.91 Å². The van der Waals surface area contributed by atoms with E-state index in [2.05, 4.69) is 19.8 Å². The number of hydrogen-bond donors (Lipinski definition) is 1. The molecule has 2 aliphatic rings.